The fraction of sp³-hybridized carbons (Fsp3) is 0.250. The van der Waals surface area contributed by atoms with Crippen molar-refractivity contribution in [1.82, 2.24) is 14.8 Å². The first kappa shape index (κ1) is 10.0. The molecule has 0 fully saturated rings. The number of anilines is 1. The molecule has 3 rings (SSSR count). The normalized spacial score (nSPS) is 18.6. The summed E-state index contributed by atoms with van der Waals surface area (Å²) in [5.74, 6) is 0.867. The van der Waals surface area contributed by atoms with E-state index in [2.05, 4.69) is 15.4 Å². The molecule has 5 heteroatoms. The van der Waals surface area contributed by atoms with Gasteiger partial charge in [0.1, 0.15) is 5.82 Å². The van der Waals surface area contributed by atoms with E-state index in [1.165, 1.54) is 0 Å². The van der Waals surface area contributed by atoms with Crippen LogP contribution in [0.3, 0.4) is 0 Å². The van der Waals surface area contributed by atoms with Gasteiger partial charge in [-0.1, -0.05) is 6.07 Å². The minimum atomic E-state index is 0.0231. The molecule has 2 aromatic rings. The van der Waals surface area contributed by atoms with Gasteiger partial charge in [0.25, 0.3) is 0 Å². The average Bonchev–Trinajstić information content (AvgIpc) is 2.72. The second-order valence-electron chi connectivity index (χ2n) is 4.16. The minimum Gasteiger partial charge on any atom is -0.311 e. The summed E-state index contributed by atoms with van der Waals surface area (Å²) in [5, 5.41) is 7.04. The third kappa shape index (κ3) is 1.60. The first-order chi connectivity index (χ1) is 8.25. The van der Waals surface area contributed by atoms with Crippen molar-refractivity contribution in [3.8, 4) is 0 Å². The second-order valence-corrected chi connectivity index (χ2v) is 4.16. The summed E-state index contributed by atoms with van der Waals surface area (Å²) in [6.45, 7) is 0. The number of fused-ring (bicyclic) bond motifs is 1. The molecule has 0 aliphatic carbocycles. The summed E-state index contributed by atoms with van der Waals surface area (Å²) in [7, 11) is 1.82. The maximum Gasteiger partial charge on any atom is 0.226 e. The number of nitrogens with zero attached hydrogens (tertiary/aromatic N) is 3. The Morgan fingerprint density at radius 2 is 2.35 bits per heavy atom. The number of rotatable bonds is 1. The number of carbonyl (C=O) groups excluding carboxylic acids is 1. The first-order valence-corrected chi connectivity index (χ1v) is 5.47. The van der Waals surface area contributed by atoms with Gasteiger partial charge in [-0.25, -0.2) is 0 Å². The van der Waals surface area contributed by atoms with Crippen molar-refractivity contribution < 1.29 is 4.79 Å². The van der Waals surface area contributed by atoms with Crippen molar-refractivity contribution in [1.29, 1.82) is 0 Å². The van der Waals surface area contributed by atoms with Gasteiger partial charge in [0.2, 0.25) is 5.91 Å². The maximum absolute atomic E-state index is 11.7. The van der Waals surface area contributed by atoms with Crippen LogP contribution in [0.25, 0.3) is 0 Å². The molecule has 0 bridgehead atoms. The van der Waals surface area contributed by atoms with Gasteiger partial charge in [-0.05, 0) is 11.6 Å². The molecular weight excluding hydrogens is 216 g/mol. The summed E-state index contributed by atoms with van der Waals surface area (Å²) in [5.41, 5.74) is 2.11. The van der Waals surface area contributed by atoms with Gasteiger partial charge in [0, 0.05) is 37.3 Å². The second kappa shape index (κ2) is 3.69. The molecule has 17 heavy (non-hydrogen) atoms. The monoisotopic (exact) mass is 228 g/mol. The smallest absolute Gasteiger partial charge is 0.226 e. The molecule has 5 nitrogen and oxygen atoms in total. The zero-order chi connectivity index (χ0) is 11.8. The van der Waals surface area contributed by atoms with E-state index < -0.39 is 0 Å². The van der Waals surface area contributed by atoms with Crippen LogP contribution in [0, 0.1) is 0 Å². The van der Waals surface area contributed by atoms with Gasteiger partial charge < -0.3 is 5.32 Å². The van der Waals surface area contributed by atoms with E-state index in [1.54, 1.807) is 17.1 Å². The molecule has 86 valence electrons. The molecule has 1 aliphatic rings. The number of amides is 1. The van der Waals surface area contributed by atoms with Crippen molar-refractivity contribution in [2.75, 3.05) is 5.32 Å². The van der Waals surface area contributed by atoms with Gasteiger partial charge in [0.05, 0.1) is 6.20 Å². The standard InChI is InChI=1S/C12H12N4O/c1-16-12-10(7-14-16)9(5-11(17)15-12)8-3-2-4-13-6-8/h2-4,6-7,9H,5H2,1H3,(H,15,17). The van der Waals surface area contributed by atoms with Crippen molar-refractivity contribution in [3.63, 3.8) is 0 Å². The molecule has 3 heterocycles. The lowest BCUT2D eigenvalue weighted by atomic mass is 9.88. The van der Waals surface area contributed by atoms with E-state index in [0.29, 0.717) is 6.42 Å². The molecule has 0 spiro atoms. The Labute approximate surface area is 98.5 Å². The lowest BCUT2D eigenvalue weighted by Gasteiger charge is -2.22. The molecule has 0 aromatic carbocycles. The highest BCUT2D eigenvalue weighted by atomic mass is 16.1. The van der Waals surface area contributed by atoms with E-state index >= 15 is 0 Å². The minimum absolute atomic E-state index is 0.0231. The number of aromatic nitrogens is 3. The van der Waals surface area contributed by atoms with Crippen molar-refractivity contribution in [3.05, 3.63) is 41.9 Å². The molecule has 1 unspecified atom stereocenters. The van der Waals surface area contributed by atoms with E-state index in [0.717, 1.165) is 16.9 Å². The van der Waals surface area contributed by atoms with Crippen LogP contribution >= 0.6 is 0 Å². The Morgan fingerprint density at radius 1 is 1.47 bits per heavy atom. The lowest BCUT2D eigenvalue weighted by molar-refractivity contribution is -0.116. The molecule has 0 radical (unpaired) electrons. The predicted molar refractivity (Wildman–Crippen MR) is 62.5 cm³/mol. The van der Waals surface area contributed by atoms with Crippen LogP contribution < -0.4 is 5.32 Å². The highest BCUT2D eigenvalue weighted by Gasteiger charge is 2.29. The van der Waals surface area contributed by atoms with Crippen LogP contribution in [0.1, 0.15) is 23.5 Å². The summed E-state index contributed by atoms with van der Waals surface area (Å²) in [4.78, 5) is 15.8. The van der Waals surface area contributed by atoms with Gasteiger partial charge >= 0.3 is 0 Å². The van der Waals surface area contributed by atoms with Crippen molar-refractivity contribution in [2.24, 2.45) is 7.05 Å². The molecule has 1 amide bonds. The van der Waals surface area contributed by atoms with Gasteiger partial charge in [-0.3, -0.25) is 14.5 Å². The van der Waals surface area contributed by atoms with E-state index in [9.17, 15) is 4.79 Å². The Bertz CT molecular complexity index is 561. The Balaban J connectivity index is 2.10. The fourth-order valence-electron chi connectivity index (χ4n) is 2.22. The highest BCUT2D eigenvalue weighted by molar-refractivity contribution is 5.94. The van der Waals surface area contributed by atoms with Crippen LogP contribution in [-0.2, 0) is 11.8 Å². The van der Waals surface area contributed by atoms with Gasteiger partial charge in [0.15, 0.2) is 0 Å². The Morgan fingerprint density at radius 3 is 3.12 bits per heavy atom. The van der Waals surface area contributed by atoms with Crippen LogP contribution in [-0.4, -0.2) is 20.7 Å². The third-order valence-corrected chi connectivity index (χ3v) is 3.08. The number of carbonyl (C=O) groups is 1. The molecule has 1 atom stereocenters. The Kier molecular flexibility index (Phi) is 2.18. The zero-order valence-corrected chi connectivity index (χ0v) is 9.42. The fourth-order valence-corrected chi connectivity index (χ4v) is 2.22. The Hall–Kier alpha value is -2.17. The molecule has 1 N–H and O–H groups in total. The summed E-state index contributed by atoms with van der Waals surface area (Å²) in [6.07, 6.45) is 5.80. The number of hydrogen-bond donors (Lipinski definition) is 1. The summed E-state index contributed by atoms with van der Waals surface area (Å²) < 4.78 is 1.69. The van der Waals surface area contributed by atoms with E-state index in [1.807, 2.05) is 25.4 Å². The van der Waals surface area contributed by atoms with Gasteiger partial charge in [-0.15, -0.1) is 0 Å². The summed E-state index contributed by atoms with van der Waals surface area (Å²) in [6, 6.07) is 3.88. The quantitative estimate of drug-likeness (QED) is 0.800. The van der Waals surface area contributed by atoms with E-state index in [-0.39, 0.29) is 11.8 Å². The van der Waals surface area contributed by atoms with E-state index in [4.69, 9.17) is 0 Å². The molecule has 0 saturated heterocycles. The third-order valence-electron chi connectivity index (χ3n) is 3.08. The molecule has 1 aliphatic heterocycles. The molecule has 0 saturated carbocycles. The lowest BCUT2D eigenvalue weighted by Crippen LogP contribution is -2.24. The number of hydrogen-bond acceptors (Lipinski definition) is 3. The van der Waals surface area contributed by atoms with Crippen LogP contribution in [0.15, 0.2) is 30.7 Å². The predicted octanol–water partition coefficient (Wildman–Crippen LogP) is 1.29. The topological polar surface area (TPSA) is 59.8 Å². The van der Waals surface area contributed by atoms with Gasteiger partial charge in [-0.2, -0.15) is 5.10 Å². The number of pyridine rings is 1. The van der Waals surface area contributed by atoms with Crippen LogP contribution in [0.2, 0.25) is 0 Å². The highest BCUT2D eigenvalue weighted by Crippen LogP contribution is 2.35. The van der Waals surface area contributed by atoms with Crippen LogP contribution in [0.5, 0.6) is 0 Å². The molecular formula is C12H12N4O. The molecule has 2 aromatic heterocycles. The summed E-state index contributed by atoms with van der Waals surface area (Å²) >= 11 is 0. The average molecular weight is 228 g/mol. The zero-order valence-electron chi connectivity index (χ0n) is 9.42. The van der Waals surface area contributed by atoms with Crippen LogP contribution in [0.4, 0.5) is 5.82 Å². The largest absolute Gasteiger partial charge is 0.311 e. The SMILES string of the molecule is Cn1ncc2c1NC(=O)CC2c1cccnc1. The first-order valence-electron chi connectivity index (χ1n) is 5.47. The number of aryl methyl sites for hydroxylation is 1. The van der Waals surface area contributed by atoms with Crippen molar-refractivity contribution >= 4 is 11.7 Å². The maximum atomic E-state index is 11.7. The number of nitrogens with one attached hydrogen (secondary N) is 1. The van der Waals surface area contributed by atoms with Crippen molar-refractivity contribution in [2.45, 2.75) is 12.3 Å².